The lowest BCUT2D eigenvalue weighted by atomic mass is 9.93. The highest BCUT2D eigenvalue weighted by molar-refractivity contribution is 5.98. The van der Waals surface area contributed by atoms with Crippen molar-refractivity contribution in [2.24, 2.45) is 0 Å². The maximum Gasteiger partial charge on any atom is 0.335 e. The van der Waals surface area contributed by atoms with Gasteiger partial charge in [0.05, 0.1) is 11.1 Å². The van der Waals surface area contributed by atoms with Gasteiger partial charge in [0, 0.05) is 0 Å². The smallest absolute Gasteiger partial charge is 0.335 e. The van der Waals surface area contributed by atoms with Gasteiger partial charge in [0.1, 0.15) is 0 Å². The van der Waals surface area contributed by atoms with Gasteiger partial charge in [-0.2, -0.15) is 0 Å². The molecule has 2 N–H and O–H groups in total. The molecule has 29 heavy (non-hydrogen) atoms. The van der Waals surface area contributed by atoms with Crippen LogP contribution in [0.15, 0.2) is 78.9 Å². The Kier molecular flexibility index (Phi) is 4.83. The standard InChI is InChI=1S/C13H10.C12H8O4/c1-4-10-6-2-8-12-9-3-7-11(5-1)13(10)12;13-11(14)9-3-1-7-5-10(12(15)16)4-2-8(7)6-9/h1-8H,9H2;1-6H,(H,13,14)(H,15,16). The van der Waals surface area contributed by atoms with Crippen molar-refractivity contribution in [2.75, 3.05) is 0 Å². The van der Waals surface area contributed by atoms with Gasteiger partial charge in [-0.1, -0.05) is 60.7 Å². The number of benzene rings is 4. The maximum absolute atomic E-state index is 10.7. The van der Waals surface area contributed by atoms with Crippen molar-refractivity contribution in [3.8, 4) is 0 Å². The molecule has 0 saturated heterocycles. The van der Waals surface area contributed by atoms with Crippen LogP contribution >= 0.6 is 0 Å². The fourth-order valence-electron chi connectivity index (χ4n) is 3.58. The van der Waals surface area contributed by atoms with Gasteiger partial charge >= 0.3 is 11.9 Å². The van der Waals surface area contributed by atoms with E-state index in [0.29, 0.717) is 10.8 Å². The van der Waals surface area contributed by atoms with Gasteiger partial charge < -0.3 is 10.2 Å². The van der Waals surface area contributed by atoms with Gasteiger partial charge in [0.25, 0.3) is 0 Å². The van der Waals surface area contributed by atoms with Gasteiger partial charge in [0.2, 0.25) is 0 Å². The SMILES string of the molecule is C1=Cc2cccc3cccc(c23)C1.O=C(O)c1ccc2cc(C(=O)O)ccc2c1. The molecule has 0 heterocycles. The number of carboxylic acid groups (broad SMARTS) is 2. The number of hydrogen-bond acceptors (Lipinski definition) is 2. The van der Waals surface area contributed by atoms with Crippen molar-refractivity contribution in [3.63, 3.8) is 0 Å². The van der Waals surface area contributed by atoms with Crippen molar-refractivity contribution < 1.29 is 19.8 Å². The largest absolute Gasteiger partial charge is 0.478 e. The summed E-state index contributed by atoms with van der Waals surface area (Å²) in [4.78, 5) is 21.5. The number of carbonyl (C=O) groups is 2. The molecule has 0 unspecified atom stereocenters. The van der Waals surface area contributed by atoms with Gasteiger partial charge in [-0.25, -0.2) is 9.59 Å². The van der Waals surface area contributed by atoms with Crippen LogP contribution < -0.4 is 0 Å². The van der Waals surface area contributed by atoms with E-state index in [2.05, 4.69) is 48.6 Å². The molecule has 4 aromatic carbocycles. The molecule has 5 rings (SSSR count). The van der Waals surface area contributed by atoms with Crippen molar-refractivity contribution in [2.45, 2.75) is 6.42 Å². The van der Waals surface area contributed by atoms with Crippen LogP contribution in [0.3, 0.4) is 0 Å². The van der Waals surface area contributed by atoms with E-state index >= 15 is 0 Å². The zero-order valence-electron chi connectivity index (χ0n) is 15.5. The highest BCUT2D eigenvalue weighted by atomic mass is 16.4. The summed E-state index contributed by atoms with van der Waals surface area (Å²) in [6.07, 6.45) is 5.53. The van der Waals surface area contributed by atoms with Crippen LogP contribution in [0, 0.1) is 0 Å². The summed E-state index contributed by atoms with van der Waals surface area (Å²) in [7, 11) is 0. The first kappa shape index (κ1) is 18.4. The summed E-state index contributed by atoms with van der Waals surface area (Å²) in [6.45, 7) is 0. The second kappa shape index (κ2) is 7.60. The molecule has 4 nitrogen and oxygen atoms in total. The molecular weight excluding hydrogens is 364 g/mol. The average molecular weight is 382 g/mol. The first-order valence-corrected chi connectivity index (χ1v) is 9.20. The second-order valence-electron chi connectivity index (χ2n) is 6.86. The number of allylic oxidation sites excluding steroid dienone is 1. The molecule has 4 heteroatoms. The Morgan fingerprint density at radius 3 is 1.86 bits per heavy atom. The molecule has 0 aliphatic heterocycles. The summed E-state index contributed by atoms with van der Waals surface area (Å²) >= 11 is 0. The Morgan fingerprint density at radius 2 is 1.28 bits per heavy atom. The normalized spacial score (nSPS) is 11.7. The van der Waals surface area contributed by atoms with E-state index < -0.39 is 11.9 Å². The van der Waals surface area contributed by atoms with Gasteiger partial charge in [0.15, 0.2) is 0 Å². The lowest BCUT2D eigenvalue weighted by molar-refractivity contribution is 0.0686. The quantitative estimate of drug-likeness (QED) is 0.470. The molecule has 4 aromatic rings. The fourth-order valence-corrected chi connectivity index (χ4v) is 3.58. The third-order valence-corrected chi connectivity index (χ3v) is 4.99. The topological polar surface area (TPSA) is 74.6 Å². The van der Waals surface area contributed by atoms with E-state index in [1.54, 1.807) is 12.1 Å². The van der Waals surface area contributed by atoms with Gasteiger partial charge in [-0.15, -0.1) is 0 Å². The zero-order chi connectivity index (χ0) is 20.4. The number of hydrogen-bond donors (Lipinski definition) is 2. The van der Waals surface area contributed by atoms with Crippen molar-refractivity contribution >= 4 is 39.6 Å². The molecule has 0 saturated carbocycles. The van der Waals surface area contributed by atoms with E-state index in [1.807, 2.05) is 0 Å². The molecule has 0 aromatic heterocycles. The first-order chi connectivity index (χ1) is 14.0. The lowest BCUT2D eigenvalue weighted by Crippen LogP contribution is -1.97. The molecule has 142 valence electrons. The van der Waals surface area contributed by atoms with Gasteiger partial charge in [-0.05, 0) is 63.4 Å². The number of carboxylic acids is 2. The molecule has 1 aliphatic rings. The second-order valence-corrected chi connectivity index (χ2v) is 6.86. The predicted molar refractivity (Wildman–Crippen MR) is 115 cm³/mol. The highest BCUT2D eigenvalue weighted by Gasteiger charge is 2.07. The molecule has 0 radical (unpaired) electrons. The van der Waals surface area contributed by atoms with Crippen LogP contribution in [0.2, 0.25) is 0 Å². The van der Waals surface area contributed by atoms with Crippen molar-refractivity contribution in [3.05, 3.63) is 101 Å². The van der Waals surface area contributed by atoms with Crippen LogP contribution in [0.25, 0.3) is 27.6 Å². The minimum Gasteiger partial charge on any atom is -0.478 e. The number of aromatic carboxylic acids is 2. The minimum atomic E-state index is -0.996. The minimum absolute atomic E-state index is 0.190. The van der Waals surface area contributed by atoms with E-state index in [-0.39, 0.29) is 11.1 Å². The van der Waals surface area contributed by atoms with Crippen LogP contribution in [-0.2, 0) is 6.42 Å². The number of fused-ring (bicyclic) bond motifs is 1. The summed E-state index contributed by atoms with van der Waals surface area (Å²) in [5.74, 6) is -1.99. The van der Waals surface area contributed by atoms with Crippen LogP contribution in [0.1, 0.15) is 31.8 Å². The van der Waals surface area contributed by atoms with Crippen LogP contribution in [0.4, 0.5) is 0 Å². The van der Waals surface area contributed by atoms with E-state index in [0.717, 1.165) is 6.42 Å². The molecule has 1 aliphatic carbocycles. The molecule has 0 bridgehead atoms. The third kappa shape index (κ3) is 3.73. The molecule has 0 spiro atoms. The summed E-state index contributed by atoms with van der Waals surface area (Å²) in [5.41, 5.74) is 3.20. The molecule has 0 atom stereocenters. The van der Waals surface area contributed by atoms with E-state index in [4.69, 9.17) is 10.2 Å². The Labute approximate surface area is 167 Å². The average Bonchev–Trinajstić information content (AvgIpc) is 2.74. The Bertz CT molecular complexity index is 1230. The van der Waals surface area contributed by atoms with Crippen molar-refractivity contribution in [1.29, 1.82) is 0 Å². The third-order valence-electron chi connectivity index (χ3n) is 4.99. The maximum atomic E-state index is 10.7. The van der Waals surface area contributed by atoms with Gasteiger partial charge in [-0.3, -0.25) is 0 Å². The fraction of sp³-hybridized carbons (Fsp3) is 0.0400. The molecule has 0 amide bonds. The van der Waals surface area contributed by atoms with Crippen molar-refractivity contribution in [1.82, 2.24) is 0 Å². The zero-order valence-corrected chi connectivity index (χ0v) is 15.5. The monoisotopic (exact) mass is 382 g/mol. The molecular formula is C25H18O4. The first-order valence-electron chi connectivity index (χ1n) is 9.20. The Morgan fingerprint density at radius 1 is 0.690 bits per heavy atom. The summed E-state index contributed by atoms with van der Waals surface area (Å²) in [5, 5.41) is 21.8. The Hall–Kier alpha value is -3.92. The van der Waals surface area contributed by atoms with Crippen LogP contribution in [0.5, 0.6) is 0 Å². The lowest BCUT2D eigenvalue weighted by Gasteiger charge is -2.11. The Balaban J connectivity index is 0.000000144. The van der Waals surface area contributed by atoms with E-state index in [9.17, 15) is 9.59 Å². The summed E-state index contributed by atoms with van der Waals surface area (Å²) < 4.78 is 0. The highest BCUT2D eigenvalue weighted by Crippen LogP contribution is 2.27. The predicted octanol–water partition coefficient (Wildman–Crippen LogP) is 5.65. The van der Waals surface area contributed by atoms with Crippen LogP contribution in [-0.4, -0.2) is 22.2 Å². The van der Waals surface area contributed by atoms with E-state index in [1.165, 1.54) is 46.2 Å². The molecule has 0 fully saturated rings. The number of rotatable bonds is 2. The summed E-state index contributed by atoms with van der Waals surface area (Å²) in [6, 6.07) is 22.2.